The molecule has 0 aliphatic carbocycles. The molecule has 0 radical (unpaired) electrons. The summed E-state index contributed by atoms with van der Waals surface area (Å²) >= 11 is 0. The van der Waals surface area contributed by atoms with Crippen LogP contribution < -0.4 is 4.74 Å². The van der Waals surface area contributed by atoms with E-state index in [1.807, 2.05) is 51.1 Å². The maximum absolute atomic E-state index is 11.5. The van der Waals surface area contributed by atoms with Gasteiger partial charge in [0, 0.05) is 29.5 Å². The third kappa shape index (κ3) is 5.08. The van der Waals surface area contributed by atoms with E-state index in [0.29, 0.717) is 6.42 Å². The first-order chi connectivity index (χ1) is 13.8. The number of rotatable bonds is 8. The van der Waals surface area contributed by atoms with E-state index >= 15 is 0 Å². The van der Waals surface area contributed by atoms with E-state index in [1.54, 1.807) is 0 Å². The molecule has 2 aromatic carbocycles. The summed E-state index contributed by atoms with van der Waals surface area (Å²) in [4.78, 5) is 11.5. The Bertz CT molecular complexity index is 1010. The average molecular weight is 392 g/mol. The van der Waals surface area contributed by atoms with Crippen LogP contribution in [-0.4, -0.2) is 17.7 Å². The van der Waals surface area contributed by atoms with Gasteiger partial charge in [0.1, 0.15) is 22.7 Å². The molecule has 0 saturated carbocycles. The second-order valence-electron chi connectivity index (χ2n) is 7.84. The van der Waals surface area contributed by atoms with Gasteiger partial charge in [-0.3, -0.25) is 0 Å². The molecule has 1 heterocycles. The van der Waals surface area contributed by atoms with Gasteiger partial charge in [-0.2, -0.15) is 0 Å². The normalized spacial score (nSPS) is 12.6. The van der Waals surface area contributed by atoms with Crippen LogP contribution in [-0.2, 0) is 16.0 Å². The van der Waals surface area contributed by atoms with Gasteiger partial charge < -0.3 is 13.9 Å². The molecule has 0 aliphatic heterocycles. The van der Waals surface area contributed by atoms with Crippen LogP contribution in [0.1, 0.15) is 39.7 Å². The molecule has 0 amide bonds. The van der Waals surface area contributed by atoms with Crippen molar-refractivity contribution in [3.05, 3.63) is 66.7 Å². The van der Waals surface area contributed by atoms with E-state index in [2.05, 4.69) is 31.7 Å². The van der Waals surface area contributed by atoms with Crippen molar-refractivity contribution in [3.63, 3.8) is 0 Å². The summed E-state index contributed by atoms with van der Waals surface area (Å²) < 4.78 is 17.6. The molecular weight excluding hydrogens is 364 g/mol. The molecule has 0 aliphatic rings. The summed E-state index contributed by atoms with van der Waals surface area (Å²) in [6.45, 7) is 11.3. The van der Waals surface area contributed by atoms with E-state index in [0.717, 1.165) is 34.5 Å². The Kier molecular flexibility index (Phi) is 6.12. The van der Waals surface area contributed by atoms with Gasteiger partial charge in [-0.15, -0.1) is 0 Å². The minimum absolute atomic E-state index is 0.143. The molecule has 4 heteroatoms. The lowest BCUT2D eigenvalue weighted by atomic mass is 10.0. The Hall–Kier alpha value is -3.01. The summed E-state index contributed by atoms with van der Waals surface area (Å²) in [5.41, 5.74) is 2.52. The largest absolute Gasteiger partial charge is 0.490 e. The minimum Gasteiger partial charge on any atom is -0.490 e. The van der Waals surface area contributed by atoms with Crippen molar-refractivity contribution < 1.29 is 18.7 Å². The number of esters is 1. The van der Waals surface area contributed by atoms with Gasteiger partial charge in [-0.1, -0.05) is 37.8 Å². The number of ether oxygens (including phenoxy) is 2. The Labute approximate surface area is 172 Å². The van der Waals surface area contributed by atoms with Crippen LogP contribution in [0.3, 0.4) is 0 Å². The Morgan fingerprint density at radius 2 is 1.97 bits per heavy atom. The number of carbonyl (C=O) groups is 1. The smallest absolute Gasteiger partial charge is 0.330 e. The van der Waals surface area contributed by atoms with Crippen LogP contribution in [0.25, 0.3) is 22.3 Å². The van der Waals surface area contributed by atoms with Gasteiger partial charge >= 0.3 is 5.97 Å². The zero-order valence-electron chi connectivity index (χ0n) is 17.5. The number of aryl methyl sites for hydroxylation is 1. The minimum atomic E-state index is -0.642. The maximum atomic E-state index is 11.5. The van der Waals surface area contributed by atoms with Gasteiger partial charge in [0.25, 0.3) is 0 Å². The second kappa shape index (κ2) is 8.56. The van der Waals surface area contributed by atoms with E-state index in [4.69, 9.17) is 13.9 Å². The highest BCUT2D eigenvalue weighted by Gasteiger charge is 2.25. The number of hydrogen-bond acceptors (Lipinski definition) is 4. The van der Waals surface area contributed by atoms with Crippen LogP contribution in [0, 0.1) is 0 Å². The summed E-state index contributed by atoms with van der Waals surface area (Å²) in [7, 11) is 0. The Balaban J connectivity index is 1.76. The van der Waals surface area contributed by atoms with E-state index in [1.165, 1.54) is 11.6 Å². The lowest BCUT2D eigenvalue weighted by molar-refractivity contribution is -0.152. The van der Waals surface area contributed by atoms with E-state index < -0.39 is 11.6 Å². The Morgan fingerprint density at radius 3 is 2.69 bits per heavy atom. The van der Waals surface area contributed by atoms with Gasteiger partial charge in [0.2, 0.25) is 0 Å². The lowest BCUT2D eigenvalue weighted by Crippen LogP contribution is -2.33. The highest BCUT2D eigenvalue weighted by atomic mass is 16.6. The fourth-order valence-corrected chi connectivity index (χ4v) is 3.61. The van der Waals surface area contributed by atoms with Gasteiger partial charge in [-0.25, -0.2) is 4.79 Å². The number of carbonyl (C=O) groups excluding carboxylic acids is 1. The standard InChI is InChI=1S/C25H28O4/c1-6-18-10-8-9-11-21(18)23-14-19-12-13-20(15-22(19)28-23)27-17(3)16-25(4,5)29-24(26)7-2/h7-15,17H,2,6,16H2,1,3-5H3. The topological polar surface area (TPSA) is 48.7 Å². The Morgan fingerprint density at radius 1 is 1.21 bits per heavy atom. The van der Waals surface area contributed by atoms with E-state index in [9.17, 15) is 4.79 Å². The van der Waals surface area contributed by atoms with Crippen LogP contribution in [0.4, 0.5) is 0 Å². The maximum Gasteiger partial charge on any atom is 0.330 e. The van der Waals surface area contributed by atoms with E-state index in [-0.39, 0.29) is 6.10 Å². The van der Waals surface area contributed by atoms with Crippen molar-refractivity contribution in [2.45, 2.75) is 52.2 Å². The predicted molar refractivity (Wildman–Crippen MR) is 116 cm³/mol. The summed E-state index contributed by atoms with van der Waals surface area (Å²) in [6, 6.07) is 16.2. The fourth-order valence-electron chi connectivity index (χ4n) is 3.61. The zero-order chi connectivity index (χ0) is 21.0. The third-order valence-electron chi connectivity index (χ3n) is 4.82. The van der Waals surface area contributed by atoms with Crippen molar-refractivity contribution in [1.82, 2.24) is 0 Å². The van der Waals surface area contributed by atoms with Crippen LogP contribution in [0.5, 0.6) is 5.75 Å². The first kappa shape index (κ1) is 20.7. The molecule has 3 rings (SSSR count). The number of benzene rings is 2. The molecule has 0 fully saturated rings. The van der Waals surface area contributed by atoms with Crippen LogP contribution in [0.2, 0.25) is 0 Å². The second-order valence-corrected chi connectivity index (χ2v) is 7.84. The van der Waals surface area contributed by atoms with Gasteiger partial charge in [0.05, 0.1) is 6.10 Å². The van der Waals surface area contributed by atoms with Crippen molar-refractivity contribution in [2.75, 3.05) is 0 Å². The molecule has 3 aromatic rings. The van der Waals surface area contributed by atoms with Crippen LogP contribution >= 0.6 is 0 Å². The molecule has 0 spiro atoms. The molecule has 152 valence electrons. The molecule has 1 unspecified atom stereocenters. The zero-order valence-corrected chi connectivity index (χ0v) is 17.5. The van der Waals surface area contributed by atoms with Crippen molar-refractivity contribution in [3.8, 4) is 17.1 Å². The summed E-state index contributed by atoms with van der Waals surface area (Å²) in [5.74, 6) is 1.15. The lowest BCUT2D eigenvalue weighted by Gasteiger charge is -2.28. The fraction of sp³-hybridized carbons (Fsp3) is 0.320. The molecule has 0 N–H and O–H groups in total. The molecule has 0 bridgehead atoms. The number of fused-ring (bicyclic) bond motifs is 1. The monoisotopic (exact) mass is 392 g/mol. The SMILES string of the molecule is C=CC(=O)OC(C)(C)CC(C)Oc1ccc2cc(-c3ccccc3CC)oc2c1. The highest BCUT2D eigenvalue weighted by molar-refractivity contribution is 5.84. The molecule has 1 aromatic heterocycles. The van der Waals surface area contributed by atoms with Crippen molar-refractivity contribution in [1.29, 1.82) is 0 Å². The number of hydrogen-bond donors (Lipinski definition) is 0. The first-order valence-corrected chi connectivity index (χ1v) is 9.95. The molecular formula is C25H28O4. The molecule has 0 saturated heterocycles. The predicted octanol–water partition coefficient (Wildman–Crippen LogP) is 6.33. The van der Waals surface area contributed by atoms with Gasteiger partial charge in [0.15, 0.2) is 0 Å². The third-order valence-corrected chi connectivity index (χ3v) is 4.82. The highest BCUT2D eigenvalue weighted by Crippen LogP contribution is 2.32. The molecule has 1 atom stereocenters. The van der Waals surface area contributed by atoms with Crippen molar-refractivity contribution >= 4 is 16.9 Å². The summed E-state index contributed by atoms with van der Waals surface area (Å²) in [6.07, 6.45) is 2.53. The van der Waals surface area contributed by atoms with Crippen LogP contribution in [0.15, 0.2) is 65.6 Å². The van der Waals surface area contributed by atoms with Gasteiger partial charge in [-0.05, 0) is 51.0 Å². The number of furan rings is 1. The quantitative estimate of drug-likeness (QED) is 0.332. The first-order valence-electron chi connectivity index (χ1n) is 9.95. The average Bonchev–Trinajstić information content (AvgIpc) is 3.10. The van der Waals surface area contributed by atoms with Crippen molar-refractivity contribution in [2.24, 2.45) is 0 Å². The summed E-state index contributed by atoms with van der Waals surface area (Å²) in [5, 5.41) is 1.03. The molecule has 29 heavy (non-hydrogen) atoms. The molecule has 4 nitrogen and oxygen atoms in total.